The maximum absolute atomic E-state index is 12.0. The average molecular weight is 273 g/mol. The maximum Gasteiger partial charge on any atom is 0.261 e. The van der Waals surface area contributed by atoms with Gasteiger partial charge < -0.3 is 14.5 Å². The summed E-state index contributed by atoms with van der Waals surface area (Å²) in [5, 5.41) is 2.79. The molecule has 0 spiro atoms. The largest absolute Gasteiger partial charge is 0.480 e. The third kappa shape index (κ3) is 3.41. The van der Waals surface area contributed by atoms with E-state index in [-0.39, 0.29) is 5.91 Å². The van der Waals surface area contributed by atoms with Crippen molar-refractivity contribution in [1.82, 2.24) is 5.32 Å². The summed E-state index contributed by atoms with van der Waals surface area (Å²) in [6.07, 6.45) is 1.03. The molecular weight excluding hydrogens is 254 g/mol. The number of rotatable bonds is 5. The van der Waals surface area contributed by atoms with Crippen LogP contribution in [-0.2, 0) is 11.3 Å². The Morgan fingerprint density at radius 2 is 1.95 bits per heavy atom. The molecule has 1 N–H and O–H groups in total. The molecule has 0 fully saturated rings. The fourth-order valence-corrected chi connectivity index (χ4v) is 1.95. The highest BCUT2D eigenvalue weighted by atomic mass is 16.5. The Labute approximate surface area is 118 Å². The minimum atomic E-state index is -0.551. The highest BCUT2D eigenvalue weighted by Crippen LogP contribution is 2.23. The molecule has 2 rings (SSSR count). The van der Waals surface area contributed by atoms with E-state index in [4.69, 9.17) is 9.15 Å². The zero-order valence-electron chi connectivity index (χ0n) is 12.0. The van der Waals surface area contributed by atoms with Gasteiger partial charge in [0.2, 0.25) is 0 Å². The van der Waals surface area contributed by atoms with Crippen LogP contribution in [0.5, 0.6) is 5.75 Å². The molecule has 0 aliphatic carbocycles. The van der Waals surface area contributed by atoms with Gasteiger partial charge >= 0.3 is 0 Å². The number of hydrogen-bond acceptors (Lipinski definition) is 3. The second kappa shape index (κ2) is 6.28. The van der Waals surface area contributed by atoms with E-state index in [0.717, 1.165) is 22.6 Å². The standard InChI is InChI=1S/C16H19NO3/c1-11-6-4-7-12(2)15(11)20-13(3)16(18)17-10-14-8-5-9-19-14/h4-9,13H,10H2,1-3H3,(H,17,18). The normalized spacial score (nSPS) is 11.9. The molecule has 0 aliphatic rings. The van der Waals surface area contributed by atoms with Crippen molar-refractivity contribution in [2.75, 3.05) is 0 Å². The van der Waals surface area contributed by atoms with Crippen molar-refractivity contribution in [3.63, 3.8) is 0 Å². The number of nitrogens with one attached hydrogen (secondary N) is 1. The molecule has 4 nitrogen and oxygen atoms in total. The smallest absolute Gasteiger partial charge is 0.261 e. The van der Waals surface area contributed by atoms with Crippen molar-refractivity contribution in [3.8, 4) is 5.75 Å². The summed E-state index contributed by atoms with van der Waals surface area (Å²) in [5.41, 5.74) is 2.05. The third-order valence-electron chi connectivity index (χ3n) is 3.09. The first-order valence-corrected chi connectivity index (χ1v) is 6.61. The van der Waals surface area contributed by atoms with Crippen LogP contribution in [0, 0.1) is 13.8 Å². The zero-order valence-corrected chi connectivity index (χ0v) is 12.0. The minimum Gasteiger partial charge on any atom is -0.480 e. The van der Waals surface area contributed by atoms with Crippen molar-refractivity contribution in [1.29, 1.82) is 0 Å². The lowest BCUT2D eigenvalue weighted by atomic mass is 10.1. The first-order chi connectivity index (χ1) is 9.58. The van der Waals surface area contributed by atoms with E-state index in [1.165, 1.54) is 0 Å². The molecule has 1 amide bonds. The summed E-state index contributed by atoms with van der Waals surface area (Å²) < 4.78 is 10.9. The number of benzene rings is 1. The molecule has 1 atom stereocenters. The van der Waals surface area contributed by atoms with E-state index in [1.54, 1.807) is 19.3 Å². The fourth-order valence-electron chi connectivity index (χ4n) is 1.95. The quantitative estimate of drug-likeness (QED) is 0.911. The van der Waals surface area contributed by atoms with E-state index in [1.807, 2.05) is 38.1 Å². The van der Waals surface area contributed by atoms with Gasteiger partial charge in [-0.2, -0.15) is 0 Å². The van der Waals surface area contributed by atoms with Crippen LogP contribution in [0.1, 0.15) is 23.8 Å². The predicted octanol–water partition coefficient (Wildman–Crippen LogP) is 2.98. The molecule has 4 heteroatoms. The summed E-state index contributed by atoms with van der Waals surface area (Å²) in [6, 6.07) is 9.51. The lowest BCUT2D eigenvalue weighted by Gasteiger charge is -2.17. The molecule has 1 unspecified atom stereocenters. The van der Waals surface area contributed by atoms with Crippen LogP contribution in [0.15, 0.2) is 41.0 Å². The Balaban J connectivity index is 1.94. The summed E-state index contributed by atoms with van der Waals surface area (Å²) in [4.78, 5) is 12.0. The molecule has 0 radical (unpaired) electrons. The SMILES string of the molecule is Cc1cccc(C)c1OC(C)C(=O)NCc1ccco1. The van der Waals surface area contributed by atoms with Crippen LogP contribution in [0.3, 0.4) is 0 Å². The van der Waals surface area contributed by atoms with E-state index in [9.17, 15) is 4.79 Å². The highest BCUT2D eigenvalue weighted by molar-refractivity contribution is 5.80. The molecule has 1 heterocycles. The second-order valence-corrected chi connectivity index (χ2v) is 4.78. The summed E-state index contributed by atoms with van der Waals surface area (Å²) in [6.45, 7) is 6.04. The monoisotopic (exact) mass is 273 g/mol. The highest BCUT2D eigenvalue weighted by Gasteiger charge is 2.16. The predicted molar refractivity (Wildman–Crippen MR) is 76.6 cm³/mol. The molecule has 2 aromatic rings. The van der Waals surface area contributed by atoms with Crippen LogP contribution < -0.4 is 10.1 Å². The third-order valence-corrected chi connectivity index (χ3v) is 3.09. The van der Waals surface area contributed by atoms with Gasteiger partial charge in [0.05, 0.1) is 12.8 Å². The lowest BCUT2D eigenvalue weighted by molar-refractivity contribution is -0.127. The Morgan fingerprint density at radius 1 is 1.25 bits per heavy atom. The molecule has 0 saturated heterocycles. The van der Waals surface area contributed by atoms with Gasteiger partial charge in [0.25, 0.3) is 5.91 Å². The fraction of sp³-hybridized carbons (Fsp3) is 0.312. The molecule has 0 bridgehead atoms. The van der Waals surface area contributed by atoms with Crippen LogP contribution >= 0.6 is 0 Å². The summed E-state index contributed by atoms with van der Waals surface area (Å²) >= 11 is 0. The minimum absolute atomic E-state index is 0.163. The molecule has 20 heavy (non-hydrogen) atoms. The number of amides is 1. The first kappa shape index (κ1) is 14.2. The molecule has 1 aromatic carbocycles. The van der Waals surface area contributed by atoms with Gasteiger partial charge in [0.15, 0.2) is 6.10 Å². The first-order valence-electron chi connectivity index (χ1n) is 6.61. The van der Waals surface area contributed by atoms with Gasteiger partial charge in [-0.1, -0.05) is 18.2 Å². The van der Waals surface area contributed by atoms with Gasteiger partial charge in [-0.25, -0.2) is 0 Å². The molecule has 106 valence electrons. The summed E-state index contributed by atoms with van der Waals surface area (Å²) in [7, 11) is 0. The number of carbonyl (C=O) groups excluding carboxylic acids is 1. The Bertz CT molecular complexity index is 555. The number of ether oxygens (including phenoxy) is 1. The van der Waals surface area contributed by atoms with E-state index in [2.05, 4.69) is 5.32 Å². The average Bonchev–Trinajstić information content (AvgIpc) is 2.93. The van der Waals surface area contributed by atoms with Crippen LogP contribution in [0.4, 0.5) is 0 Å². The van der Waals surface area contributed by atoms with Gasteiger partial charge in [-0.15, -0.1) is 0 Å². The number of aryl methyl sites for hydroxylation is 2. The van der Waals surface area contributed by atoms with E-state index < -0.39 is 6.10 Å². The van der Waals surface area contributed by atoms with Crippen molar-refractivity contribution in [2.24, 2.45) is 0 Å². The number of carbonyl (C=O) groups is 1. The topological polar surface area (TPSA) is 51.5 Å². The molecule has 0 saturated carbocycles. The van der Waals surface area contributed by atoms with Crippen molar-refractivity contribution >= 4 is 5.91 Å². The number of hydrogen-bond donors (Lipinski definition) is 1. The molecular formula is C16H19NO3. The van der Waals surface area contributed by atoms with Crippen LogP contribution in [-0.4, -0.2) is 12.0 Å². The molecule has 1 aromatic heterocycles. The Hall–Kier alpha value is -2.23. The van der Waals surface area contributed by atoms with Gasteiger partial charge in [0.1, 0.15) is 11.5 Å². The van der Waals surface area contributed by atoms with Crippen molar-refractivity contribution in [2.45, 2.75) is 33.4 Å². The maximum atomic E-state index is 12.0. The number of para-hydroxylation sites is 1. The molecule has 0 aliphatic heterocycles. The lowest BCUT2D eigenvalue weighted by Crippen LogP contribution is -2.36. The van der Waals surface area contributed by atoms with Crippen LogP contribution in [0.2, 0.25) is 0 Å². The van der Waals surface area contributed by atoms with Crippen molar-refractivity contribution in [3.05, 3.63) is 53.5 Å². The Morgan fingerprint density at radius 3 is 2.55 bits per heavy atom. The Kier molecular flexibility index (Phi) is 4.45. The summed E-state index contributed by atoms with van der Waals surface area (Å²) in [5.74, 6) is 1.33. The van der Waals surface area contributed by atoms with Crippen LogP contribution in [0.25, 0.3) is 0 Å². The second-order valence-electron chi connectivity index (χ2n) is 4.78. The van der Waals surface area contributed by atoms with Gasteiger partial charge in [-0.05, 0) is 44.0 Å². The number of furan rings is 1. The van der Waals surface area contributed by atoms with Gasteiger partial charge in [0, 0.05) is 0 Å². The van der Waals surface area contributed by atoms with E-state index in [0.29, 0.717) is 6.54 Å². The van der Waals surface area contributed by atoms with Gasteiger partial charge in [-0.3, -0.25) is 4.79 Å². The van der Waals surface area contributed by atoms with Crippen molar-refractivity contribution < 1.29 is 13.9 Å². The van der Waals surface area contributed by atoms with E-state index >= 15 is 0 Å². The zero-order chi connectivity index (χ0) is 14.5.